The van der Waals surface area contributed by atoms with Crippen molar-refractivity contribution < 1.29 is 18.3 Å². The first kappa shape index (κ1) is 14.2. The maximum Gasteiger partial charge on any atom is 0.146 e. The van der Waals surface area contributed by atoms with Crippen molar-refractivity contribution in [3.63, 3.8) is 0 Å². The first-order chi connectivity index (χ1) is 9.97. The molecule has 0 radical (unpaired) electrons. The van der Waals surface area contributed by atoms with Crippen LogP contribution >= 0.6 is 15.9 Å². The number of aliphatic hydroxyl groups excluding tert-OH is 1. The molecule has 1 aromatic heterocycles. The van der Waals surface area contributed by atoms with Crippen LogP contribution in [0.15, 0.2) is 45.3 Å². The van der Waals surface area contributed by atoms with Crippen LogP contribution in [0.1, 0.15) is 23.0 Å². The van der Waals surface area contributed by atoms with Crippen LogP contribution in [0, 0.1) is 18.6 Å². The van der Waals surface area contributed by atoms with Gasteiger partial charge < -0.3 is 9.52 Å². The van der Waals surface area contributed by atoms with Crippen molar-refractivity contribution in [1.29, 1.82) is 0 Å². The third-order valence-corrected chi connectivity index (χ3v) is 3.93. The number of halogens is 3. The Morgan fingerprint density at radius 1 is 1.14 bits per heavy atom. The number of aryl methyl sites for hydroxylation is 1. The maximum absolute atomic E-state index is 14.0. The number of hydrogen-bond donors (Lipinski definition) is 1. The Morgan fingerprint density at radius 2 is 1.90 bits per heavy atom. The molecule has 0 aliphatic heterocycles. The number of hydrogen-bond acceptors (Lipinski definition) is 2. The zero-order chi connectivity index (χ0) is 15.1. The van der Waals surface area contributed by atoms with E-state index in [0.717, 1.165) is 17.0 Å². The number of furan rings is 1. The third-order valence-electron chi connectivity index (χ3n) is 3.31. The van der Waals surface area contributed by atoms with E-state index in [1.54, 1.807) is 12.1 Å². The summed E-state index contributed by atoms with van der Waals surface area (Å²) in [6.07, 6.45) is -1.50. The van der Waals surface area contributed by atoms with Crippen molar-refractivity contribution in [3.05, 3.63) is 69.4 Å². The third kappa shape index (κ3) is 2.47. The second-order valence-electron chi connectivity index (χ2n) is 4.85. The van der Waals surface area contributed by atoms with E-state index in [0.29, 0.717) is 5.58 Å². The molecular weight excluding hydrogens is 342 g/mol. The van der Waals surface area contributed by atoms with Gasteiger partial charge in [-0.15, -0.1) is 0 Å². The van der Waals surface area contributed by atoms with Gasteiger partial charge >= 0.3 is 0 Å². The zero-order valence-electron chi connectivity index (χ0n) is 11.0. The molecule has 108 valence electrons. The fourth-order valence-electron chi connectivity index (χ4n) is 2.25. The molecule has 0 spiro atoms. The van der Waals surface area contributed by atoms with E-state index in [4.69, 9.17) is 4.42 Å². The Hall–Kier alpha value is -1.72. The van der Waals surface area contributed by atoms with Crippen molar-refractivity contribution in [1.82, 2.24) is 0 Å². The largest absolute Gasteiger partial charge is 0.458 e. The van der Waals surface area contributed by atoms with E-state index in [1.165, 1.54) is 6.07 Å². The van der Waals surface area contributed by atoms with Crippen LogP contribution in [-0.2, 0) is 0 Å². The summed E-state index contributed by atoms with van der Waals surface area (Å²) in [5.74, 6) is -1.55. The lowest BCUT2D eigenvalue weighted by Crippen LogP contribution is -2.05. The lowest BCUT2D eigenvalue weighted by atomic mass is 10.1. The topological polar surface area (TPSA) is 33.4 Å². The Balaban J connectivity index is 2.12. The number of fused-ring (bicyclic) bond motifs is 1. The van der Waals surface area contributed by atoms with Gasteiger partial charge in [0.15, 0.2) is 0 Å². The summed E-state index contributed by atoms with van der Waals surface area (Å²) in [6.45, 7) is 1.93. The lowest BCUT2D eigenvalue weighted by Gasteiger charge is -2.11. The Kier molecular flexibility index (Phi) is 3.55. The predicted molar refractivity (Wildman–Crippen MR) is 79.1 cm³/mol. The molecular formula is C16H11BrF2O2. The highest BCUT2D eigenvalue weighted by atomic mass is 79.9. The van der Waals surface area contributed by atoms with E-state index >= 15 is 0 Å². The molecule has 2 aromatic carbocycles. The fourth-order valence-corrected chi connectivity index (χ4v) is 2.60. The van der Waals surface area contributed by atoms with Gasteiger partial charge in [0.25, 0.3) is 0 Å². The molecule has 5 heteroatoms. The monoisotopic (exact) mass is 352 g/mol. The molecule has 1 heterocycles. The molecule has 3 rings (SSSR count). The van der Waals surface area contributed by atoms with E-state index in [1.807, 2.05) is 19.1 Å². The molecule has 0 aliphatic rings. The standard InChI is InChI=1S/C16H11BrF2O2/c1-8-2-5-12-9(6-8)7-13(21-12)16(20)14-11(18)4-3-10(17)15(14)19/h2-7,16,20H,1H3. The van der Waals surface area contributed by atoms with Crippen molar-refractivity contribution >= 4 is 26.9 Å². The molecule has 1 atom stereocenters. The Morgan fingerprint density at radius 3 is 2.67 bits per heavy atom. The molecule has 0 bridgehead atoms. The second-order valence-corrected chi connectivity index (χ2v) is 5.70. The highest BCUT2D eigenvalue weighted by Gasteiger charge is 2.24. The number of rotatable bonds is 2. The summed E-state index contributed by atoms with van der Waals surface area (Å²) in [5, 5.41) is 11.0. The normalized spacial score (nSPS) is 12.8. The number of benzene rings is 2. The van der Waals surface area contributed by atoms with Crippen molar-refractivity contribution in [2.75, 3.05) is 0 Å². The molecule has 21 heavy (non-hydrogen) atoms. The van der Waals surface area contributed by atoms with Gasteiger partial charge in [-0.1, -0.05) is 11.6 Å². The molecule has 1 unspecified atom stereocenters. The molecule has 1 N–H and O–H groups in total. The van der Waals surface area contributed by atoms with E-state index in [-0.39, 0.29) is 10.2 Å². The minimum atomic E-state index is -1.50. The van der Waals surface area contributed by atoms with E-state index in [2.05, 4.69) is 15.9 Å². The number of aliphatic hydroxyl groups is 1. The average Bonchev–Trinajstić information content (AvgIpc) is 2.86. The molecule has 2 nitrogen and oxygen atoms in total. The minimum Gasteiger partial charge on any atom is -0.458 e. The summed E-state index contributed by atoms with van der Waals surface area (Å²) in [6, 6.07) is 9.44. The fraction of sp³-hybridized carbons (Fsp3) is 0.125. The van der Waals surface area contributed by atoms with Crippen LogP contribution < -0.4 is 0 Å². The Labute approximate surface area is 128 Å². The zero-order valence-corrected chi connectivity index (χ0v) is 12.6. The van der Waals surface area contributed by atoms with Crippen LogP contribution in [0.4, 0.5) is 8.78 Å². The van der Waals surface area contributed by atoms with Gasteiger partial charge in [-0.3, -0.25) is 0 Å². The van der Waals surface area contributed by atoms with E-state index in [9.17, 15) is 13.9 Å². The molecule has 0 amide bonds. The summed E-state index contributed by atoms with van der Waals surface area (Å²) >= 11 is 2.98. The highest BCUT2D eigenvalue weighted by molar-refractivity contribution is 9.10. The predicted octanol–water partition coefficient (Wildman–Crippen LogP) is 4.86. The molecule has 0 fully saturated rings. The van der Waals surface area contributed by atoms with Crippen LogP contribution in [0.5, 0.6) is 0 Å². The van der Waals surface area contributed by atoms with Crippen LogP contribution in [0.25, 0.3) is 11.0 Å². The van der Waals surface area contributed by atoms with E-state index < -0.39 is 23.3 Å². The van der Waals surface area contributed by atoms with Crippen molar-refractivity contribution in [2.45, 2.75) is 13.0 Å². The molecule has 0 saturated carbocycles. The van der Waals surface area contributed by atoms with Gasteiger partial charge in [0.1, 0.15) is 29.1 Å². The van der Waals surface area contributed by atoms with Crippen LogP contribution in [0.2, 0.25) is 0 Å². The SMILES string of the molecule is Cc1ccc2oc(C(O)c3c(F)ccc(Br)c3F)cc2c1. The van der Waals surface area contributed by atoms with Gasteiger partial charge in [-0.05, 0) is 53.2 Å². The van der Waals surface area contributed by atoms with Crippen LogP contribution in [0.3, 0.4) is 0 Å². The van der Waals surface area contributed by atoms with Crippen LogP contribution in [-0.4, -0.2) is 5.11 Å². The van der Waals surface area contributed by atoms with Gasteiger partial charge in [-0.2, -0.15) is 0 Å². The maximum atomic E-state index is 14.0. The summed E-state index contributed by atoms with van der Waals surface area (Å²) in [7, 11) is 0. The average molecular weight is 353 g/mol. The molecule has 0 aliphatic carbocycles. The lowest BCUT2D eigenvalue weighted by molar-refractivity contribution is 0.182. The van der Waals surface area contributed by atoms with Crippen molar-refractivity contribution in [3.8, 4) is 0 Å². The quantitative estimate of drug-likeness (QED) is 0.668. The van der Waals surface area contributed by atoms with Gasteiger partial charge in [0, 0.05) is 5.39 Å². The first-order valence-corrected chi connectivity index (χ1v) is 7.08. The molecule has 0 saturated heterocycles. The second kappa shape index (κ2) is 5.24. The highest BCUT2D eigenvalue weighted by Crippen LogP contribution is 2.33. The summed E-state index contributed by atoms with van der Waals surface area (Å²) in [4.78, 5) is 0. The van der Waals surface area contributed by atoms with Crippen molar-refractivity contribution in [2.24, 2.45) is 0 Å². The first-order valence-electron chi connectivity index (χ1n) is 6.29. The smallest absolute Gasteiger partial charge is 0.146 e. The minimum absolute atomic E-state index is 0.0879. The molecule has 3 aromatic rings. The van der Waals surface area contributed by atoms with Gasteiger partial charge in [-0.25, -0.2) is 8.78 Å². The summed E-state index contributed by atoms with van der Waals surface area (Å²) in [5.41, 5.74) is 1.16. The summed E-state index contributed by atoms with van der Waals surface area (Å²) < 4.78 is 33.4. The Bertz CT molecular complexity index is 827. The van der Waals surface area contributed by atoms with Gasteiger partial charge in [0.2, 0.25) is 0 Å². The van der Waals surface area contributed by atoms with Gasteiger partial charge in [0.05, 0.1) is 10.0 Å².